The maximum absolute atomic E-state index is 15.8. The fraction of sp³-hybridized carbons (Fsp3) is 0.528. The first-order chi connectivity index (χ1) is 47.0. The fourth-order valence-corrected chi connectivity index (χ4v) is 14.6. The number of urea groups is 1. The van der Waals surface area contributed by atoms with Gasteiger partial charge in [0.2, 0.25) is 23.6 Å². The van der Waals surface area contributed by atoms with Gasteiger partial charge in [-0.2, -0.15) is 0 Å². The van der Waals surface area contributed by atoms with Gasteiger partial charge in [-0.15, -0.1) is 0 Å². The molecule has 22 nitrogen and oxygen atoms in total. The molecule has 98 heavy (non-hydrogen) atoms. The number of carbonyl (C=O) groups excluding carboxylic acids is 5. The first-order valence-corrected chi connectivity index (χ1v) is 35.0. The van der Waals surface area contributed by atoms with Crippen molar-refractivity contribution in [3.05, 3.63) is 135 Å². The highest BCUT2D eigenvalue weighted by molar-refractivity contribution is 6.30. The molecular formula is C72H93Cl2F2N15O7. The van der Waals surface area contributed by atoms with E-state index in [4.69, 9.17) is 37.7 Å². The quantitative estimate of drug-likeness (QED) is 0.0426. The Hall–Kier alpha value is -7.90. The molecule has 26 heteroatoms. The minimum Gasteiger partial charge on any atom is -0.497 e. The number of likely N-dealkylation sites (N-methyl/N-ethyl adjacent to an activating group) is 1. The van der Waals surface area contributed by atoms with Gasteiger partial charge in [-0.3, -0.25) is 38.9 Å². The van der Waals surface area contributed by atoms with E-state index < -0.39 is 35.3 Å². The van der Waals surface area contributed by atoms with Crippen molar-refractivity contribution in [1.82, 2.24) is 55.3 Å². The second-order valence-corrected chi connectivity index (χ2v) is 29.2. The highest BCUT2D eigenvalue weighted by Gasteiger charge is 2.47. The number of nitrogens with zero attached hydrogens (tertiary/aromatic N) is 11. The van der Waals surface area contributed by atoms with Gasteiger partial charge in [0, 0.05) is 119 Å². The number of piperidine rings is 2. The summed E-state index contributed by atoms with van der Waals surface area (Å²) in [6.45, 7) is 18.6. The molecule has 6 amide bonds. The molecule has 1 aromatic heterocycles. The molecule has 5 fully saturated rings. The lowest BCUT2D eigenvalue weighted by molar-refractivity contribution is -0.139. The molecule has 0 unspecified atom stereocenters. The fourth-order valence-electron chi connectivity index (χ4n) is 14.3. The van der Waals surface area contributed by atoms with Gasteiger partial charge in [-0.25, -0.2) is 23.5 Å². The van der Waals surface area contributed by atoms with Crippen molar-refractivity contribution in [1.29, 1.82) is 0 Å². The van der Waals surface area contributed by atoms with E-state index in [0.717, 1.165) is 62.5 Å². The summed E-state index contributed by atoms with van der Waals surface area (Å²) in [5.74, 6) is 1.59. The number of piperazine rings is 2. The highest BCUT2D eigenvalue weighted by atomic mass is 35.5. The molecule has 6 aliphatic heterocycles. The number of hydrogen-bond acceptors (Lipinski definition) is 16. The van der Waals surface area contributed by atoms with Crippen molar-refractivity contribution < 1.29 is 42.2 Å². The van der Waals surface area contributed by atoms with E-state index >= 15 is 13.6 Å². The van der Waals surface area contributed by atoms with E-state index in [0.29, 0.717) is 134 Å². The molecule has 6 aliphatic rings. The summed E-state index contributed by atoms with van der Waals surface area (Å²) < 4.78 is 43.3. The van der Waals surface area contributed by atoms with Gasteiger partial charge in [0.05, 0.1) is 55.7 Å². The Morgan fingerprint density at radius 2 is 1.48 bits per heavy atom. The largest absolute Gasteiger partial charge is 0.497 e. The van der Waals surface area contributed by atoms with Gasteiger partial charge in [0.1, 0.15) is 59.5 Å². The molecule has 4 N–H and O–H groups in total. The Morgan fingerprint density at radius 3 is 2.18 bits per heavy atom. The molecule has 5 saturated heterocycles. The highest BCUT2D eigenvalue weighted by Crippen LogP contribution is 2.46. The normalized spacial score (nSPS) is 21.2. The van der Waals surface area contributed by atoms with Crippen molar-refractivity contribution in [2.75, 3.05) is 147 Å². The van der Waals surface area contributed by atoms with Crippen molar-refractivity contribution in [2.45, 2.75) is 97.0 Å². The van der Waals surface area contributed by atoms with Gasteiger partial charge in [0.25, 0.3) is 0 Å². The van der Waals surface area contributed by atoms with E-state index in [1.54, 1.807) is 53.3 Å². The number of rotatable bonds is 24. The number of carbonyl (C=O) groups is 5. The van der Waals surface area contributed by atoms with E-state index in [-0.39, 0.29) is 73.6 Å². The molecule has 4 atom stereocenters. The molecule has 1 spiro atoms. The number of benzene rings is 4. The van der Waals surface area contributed by atoms with Gasteiger partial charge < -0.3 is 55.2 Å². The van der Waals surface area contributed by atoms with E-state index in [9.17, 15) is 19.2 Å². The molecule has 0 bridgehead atoms. The van der Waals surface area contributed by atoms with E-state index in [1.165, 1.54) is 28.3 Å². The minimum absolute atomic E-state index is 0.0372. The van der Waals surface area contributed by atoms with E-state index in [2.05, 4.69) is 71.6 Å². The molecule has 5 aromatic rings. The zero-order valence-electron chi connectivity index (χ0n) is 57.3. The Bertz CT molecular complexity index is 3680. The monoisotopic (exact) mass is 1390 g/mol. The van der Waals surface area contributed by atoms with Gasteiger partial charge >= 0.3 is 6.03 Å². The molecule has 0 radical (unpaired) electrons. The topological polar surface area (TPSA) is 216 Å². The molecule has 0 aliphatic carbocycles. The maximum atomic E-state index is 15.8. The summed E-state index contributed by atoms with van der Waals surface area (Å²) in [6.07, 6.45) is 5.18. The SMILES string of the molecule is COc1ccc(C2=N[C@@H](c3ccc(Cl)cc3)[C@@H](c3ccc(Cl)cc3)N2C(=O)N2CCN(CC(=O)NCCN(C)C[C@H]3CN(CC(=O)NCCCNc4cc(N5CCC6(CC5)CN(c5cc(F)c(CN7CCC(C)(C)CC7)cc5F)CC(=O)N6)ncn4)C[C@H]3C)C(=O)C2)c(OC(C)C)c1. The third kappa shape index (κ3) is 17.7. The summed E-state index contributed by atoms with van der Waals surface area (Å²) in [5, 5.41) is 13.7. The van der Waals surface area contributed by atoms with Crippen molar-refractivity contribution in [2.24, 2.45) is 22.2 Å². The number of aromatic nitrogens is 2. The summed E-state index contributed by atoms with van der Waals surface area (Å²) in [6, 6.07) is 22.8. The zero-order chi connectivity index (χ0) is 69.4. The first-order valence-electron chi connectivity index (χ1n) is 34.3. The molecule has 11 rings (SSSR count). The molecule has 4 aromatic carbocycles. The van der Waals surface area contributed by atoms with Crippen LogP contribution in [0, 0.1) is 28.9 Å². The van der Waals surface area contributed by atoms with E-state index in [1.807, 2.05) is 57.3 Å². The average Bonchev–Trinajstić information content (AvgIpc) is 1.56. The second kappa shape index (κ2) is 31.5. The first kappa shape index (κ1) is 71.4. The number of aliphatic imine (C=N–C) groups is 1. The molecule has 526 valence electrons. The standard InChI is InChI=1S/C72H93Cl2F2N15O7/c1-47(2)98-60-34-55(97-7)17-18-56(60)69-82-67(49-9-13-53(73)14-10-49)68(50-11-15-54(74)16-12-50)91(69)70(96)89-32-31-88(66(95)44-89)42-64(93)79-25-30-84(6)38-52-40-86(37-48(52)3)41-63(92)78-24-8-23-77-61-36-62(81-46-80-61)87-28-21-72(22-29-87)45-90(43-65(94)83-72)59-35-57(75)51(33-58(59)76)39-85-26-19-71(4,5)20-27-85/h9-18,33-36,46-48,52,67-68H,8,19-32,37-45H2,1-7H3,(H,78,92)(H,79,93)(H,83,94)(H,77,80,81)/t48-,52+,67+,68-/m1/s1. The van der Waals surface area contributed by atoms with Crippen LogP contribution in [0.3, 0.4) is 0 Å². The van der Waals surface area contributed by atoms with Crippen LogP contribution < -0.4 is 40.5 Å². The molecule has 7 heterocycles. The lowest BCUT2D eigenvalue weighted by Crippen LogP contribution is -2.66. The number of amides is 6. The van der Waals surface area contributed by atoms with Crippen molar-refractivity contribution in [3.63, 3.8) is 0 Å². The minimum atomic E-state index is -0.661. The van der Waals surface area contributed by atoms with Crippen LogP contribution in [-0.2, 0) is 25.7 Å². The Morgan fingerprint density at radius 1 is 0.776 bits per heavy atom. The summed E-state index contributed by atoms with van der Waals surface area (Å²) in [7, 11) is 3.59. The van der Waals surface area contributed by atoms with Crippen LogP contribution in [-0.4, -0.2) is 218 Å². The smallest absolute Gasteiger partial charge is 0.326 e. The van der Waals surface area contributed by atoms with Crippen LogP contribution in [0.2, 0.25) is 10.0 Å². The summed E-state index contributed by atoms with van der Waals surface area (Å²) in [4.78, 5) is 98.2. The van der Waals surface area contributed by atoms with Crippen molar-refractivity contribution >= 4 is 76.0 Å². The Kier molecular flexibility index (Phi) is 23.0. The number of ether oxygens (including phenoxy) is 2. The third-order valence-electron chi connectivity index (χ3n) is 20.0. The summed E-state index contributed by atoms with van der Waals surface area (Å²) >= 11 is 12.8. The number of amidine groups is 1. The van der Waals surface area contributed by atoms with Crippen LogP contribution >= 0.6 is 23.2 Å². The third-order valence-corrected chi connectivity index (χ3v) is 20.5. The Balaban J connectivity index is 0.587. The zero-order valence-corrected chi connectivity index (χ0v) is 58.8. The maximum Gasteiger partial charge on any atom is 0.326 e. The number of anilines is 3. The van der Waals surface area contributed by atoms with Crippen LogP contribution in [0.4, 0.5) is 30.9 Å². The van der Waals surface area contributed by atoms with Crippen LogP contribution in [0.1, 0.15) is 101 Å². The predicted molar refractivity (Wildman–Crippen MR) is 376 cm³/mol. The van der Waals surface area contributed by atoms with Gasteiger partial charge in [-0.05, 0) is 137 Å². The molecule has 0 saturated carbocycles. The van der Waals surface area contributed by atoms with Crippen LogP contribution in [0.25, 0.3) is 0 Å². The number of hydrogen-bond donors (Lipinski definition) is 4. The average molecular weight is 1390 g/mol. The van der Waals surface area contributed by atoms with Crippen molar-refractivity contribution in [3.8, 4) is 11.5 Å². The lowest BCUT2D eigenvalue weighted by atomic mass is 9.82. The van der Waals surface area contributed by atoms with Crippen LogP contribution in [0.15, 0.2) is 96.2 Å². The lowest BCUT2D eigenvalue weighted by Gasteiger charge is -2.48. The number of methoxy groups -OCH3 is 1. The second-order valence-electron chi connectivity index (χ2n) is 28.3. The van der Waals surface area contributed by atoms with Crippen LogP contribution in [0.5, 0.6) is 11.5 Å². The number of halogens is 4. The van der Waals surface area contributed by atoms with Gasteiger partial charge in [-0.1, -0.05) is 68.2 Å². The molecular weight excluding hydrogens is 1300 g/mol. The number of nitrogens with one attached hydrogen (secondary N) is 4. The van der Waals surface area contributed by atoms with Gasteiger partial charge in [0.15, 0.2) is 0 Å². The predicted octanol–water partition coefficient (Wildman–Crippen LogP) is 8.50. The Labute approximate surface area is 583 Å². The summed E-state index contributed by atoms with van der Waals surface area (Å²) in [5.41, 5.74) is 2.26. The number of likely N-dealkylation sites (tertiary alicyclic amines) is 2.